The zero-order valence-electron chi connectivity index (χ0n) is 17.7. The minimum Gasteiger partial charge on any atom is -0.482 e. The molecule has 158 valence electrons. The lowest BCUT2D eigenvalue weighted by molar-refractivity contribution is -0.121. The summed E-state index contributed by atoms with van der Waals surface area (Å²) in [4.78, 5) is 28.8. The van der Waals surface area contributed by atoms with Crippen LogP contribution in [0, 0.1) is 12.8 Å². The van der Waals surface area contributed by atoms with Gasteiger partial charge in [-0.2, -0.15) is 0 Å². The van der Waals surface area contributed by atoms with E-state index in [9.17, 15) is 9.59 Å². The minimum atomic E-state index is -0.124. The molecule has 2 aromatic rings. The van der Waals surface area contributed by atoms with Crippen LogP contribution in [0.4, 0.5) is 17.1 Å². The van der Waals surface area contributed by atoms with Crippen LogP contribution in [0.1, 0.15) is 31.7 Å². The normalized spacial score (nSPS) is 16.8. The highest BCUT2D eigenvalue weighted by Crippen LogP contribution is 2.33. The van der Waals surface area contributed by atoms with Crippen LogP contribution in [-0.4, -0.2) is 38.1 Å². The van der Waals surface area contributed by atoms with Crippen LogP contribution < -0.4 is 19.9 Å². The SMILES string of the molecule is Cc1ccc2c(c1)N(CCC(=O)Nc1ccc(N3CCC(C)CC3)cc1)C(=O)CO2. The highest BCUT2D eigenvalue weighted by atomic mass is 16.5. The number of hydrogen-bond donors (Lipinski definition) is 1. The maximum atomic E-state index is 12.5. The van der Waals surface area contributed by atoms with Crippen molar-refractivity contribution in [2.45, 2.75) is 33.1 Å². The first-order chi connectivity index (χ1) is 14.5. The van der Waals surface area contributed by atoms with Crippen LogP contribution in [-0.2, 0) is 9.59 Å². The van der Waals surface area contributed by atoms with E-state index in [4.69, 9.17) is 4.74 Å². The number of ether oxygens (including phenoxy) is 1. The number of rotatable bonds is 5. The Labute approximate surface area is 177 Å². The Morgan fingerprint density at radius 1 is 1.13 bits per heavy atom. The molecule has 0 atom stereocenters. The number of carbonyl (C=O) groups excluding carboxylic acids is 2. The van der Waals surface area contributed by atoms with Crippen molar-refractivity contribution in [3.63, 3.8) is 0 Å². The maximum Gasteiger partial charge on any atom is 0.265 e. The van der Waals surface area contributed by atoms with E-state index >= 15 is 0 Å². The molecule has 6 heteroatoms. The molecule has 0 spiro atoms. The van der Waals surface area contributed by atoms with Crippen molar-refractivity contribution in [1.82, 2.24) is 0 Å². The zero-order valence-corrected chi connectivity index (χ0v) is 17.7. The first-order valence-electron chi connectivity index (χ1n) is 10.7. The highest BCUT2D eigenvalue weighted by molar-refractivity contribution is 5.99. The van der Waals surface area contributed by atoms with Gasteiger partial charge in [-0.15, -0.1) is 0 Å². The summed E-state index contributed by atoms with van der Waals surface area (Å²) in [6.07, 6.45) is 2.67. The molecule has 6 nitrogen and oxygen atoms in total. The number of fused-ring (bicyclic) bond motifs is 1. The fourth-order valence-corrected chi connectivity index (χ4v) is 4.02. The van der Waals surface area contributed by atoms with Crippen LogP contribution >= 0.6 is 0 Å². The van der Waals surface area contributed by atoms with Gasteiger partial charge in [0.2, 0.25) is 5.91 Å². The van der Waals surface area contributed by atoms with E-state index in [2.05, 4.69) is 29.3 Å². The van der Waals surface area contributed by atoms with Crippen LogP contribution in [0.2, 0.25) is 0 Å². The fourth-order valence-electron chi connectivity index (χ4n) is 4.02. The molecular weight excluding hydrogens is 378 g/mol. The predicted molar refractivity (Wildman–Crippen MR) is 119 cm³/mol. The van der Waals surface area contributed by atoms with E-state index in [0.29, 0.717) is 12.3 Å². The Morgan fingerprint density at radius 3 is 2.60 bits per heavy atom. The van der Waals surface area contributed by atoms with E-state index in [1.54, 1.807) is 4.90 Å². The second kappa shape index (κ2) is 8.78. The van der Waals surface area contributed by atoms with Gasteiger partial charge in [0, 0.05) is 37.4 Å². The number of nitrogens with one attached hydrogen (secondary N) is 1. The molecule has 30 heavy (non-hydrogen) atoms. The Kier molecular flexibility index (Phi) is 5.93. The van der Waals surface area contributed by atoms with E-state index < -0.39 is 0 Å². The summed E-state index contributed by atoms with van der Waals surface area (Å²) in [6.45, 7) is 6.78. The molecule has 1 saturated heterocycles. The average Bonchev–Trinajstić information content (AvgIpc) is 2.74. The molecule has 1 N–H and O–H groups in total. The lowest BCUT2D eigenvalue weighted by Crippen LogP contribution is -2.40. The van der Waals surface area contributed by atoms with Gasteiger partial charge in [0.1, 0.15) is 5.75 Å². The highest BCUT2D eigenvalue weighted by Gasteiger charge is 2.26. The lowest BCUT2D eigenvalue weighted by atomic mass is 9.99. The molecular formula is C24H29N3O3. The van der Waals surface area contributed by atoms with Gasteiger partial charge in [-0.3, -0.25) is 9.59 Å². The van der Waals surface area contributed by atoms with E-state index in [-0.39, 0.29) is 24.8 Å². The quantitative estimate of drug-likeness (QED) is 0.814. The third-order valence-electron chi connectivity index (χ3n) is 5.92. The lowest BCUT2D eigenvalue weighted by Gasteiger charge is -2.32. The first kappa shape index (κ1) is 20.3. The van der Waals surface area contributed by atoms with Gasteiger partial charge in [-0.1, -0.05) is 13.0 Å². The van der Waals surface area contributed by atoms with Gasteiger partial charge < -0.3 is 19.9 Å². The number of carbonyl (C=O) groups is 2. The summed E-state index contributed by atoms with van der Waals surface area (Å²) in [5.74, 6) is 1.25. The number of anilines is 3. The Hall–Kier alpha value is -3.02. The Bertz CT molecular complexity index is 918. The van der Waals surface area contributed by atoms with Crippen LogP contribution in [0.3, 0.4) is 0 Å². The zero-order chi connectivity index (χ0) is 21.1. The summed E-state index contributed by atoms with van der Waals surface area (Å²) in [7, 11) is 0. The number of nitrogens with zero attached hydrogens (tertiary/aromatic N) is 2. The molecule has 0 saturated carbocycles. The standard InChI is InChI=1S/C24H29N3O3/c1-17-9-12-26(13-10-17)20-6-4-19(5-7-20)25-23(28)11-14-27-21-15-18(2)3-8-22(21)30-16-24(27)29/h3-8,15,17H,9-14,16H2,1-2H3,(H,25,28). The van der Waals surface area contributed by atoms with Crippen molar-refractivity contribution < 1.29 is 14.3 Å². The topological polar surface area (TPSA) is 61.9 Å². The average molecular weight is 408 g/mol. The molecule has 4 rings (SSSR count). The molecule has 0 radical (unpaired) electrons. The fraction of sp³-hybridized carbons (Fsp3) is 0.417. The number of hydrogen-bond acceptors (Lipinski definition) is 4. The Morgan fingerprint density at radius 2 is 1.87 bits per heavy atom. The molecule has 0 bridgehead atoms. The summed E-state index contributed by atoms with van der Waals surface area (Å²) in [5, 5.41) is 2.94. The van der Waals surface area contributed by atoms with E-state index in [1.165, 1.54) is 18.5 Å². The first-order valence-corrected chi connectivity index (χ1v) is 10.7. The van der Waals surface area contributed by atoms with Gasteiger partial charge in [-0.05, 0) is 67.6 Å². The number of amides is 2. The van der Waals surface area contributed by atoms with Crippen LogP contribution in [0.5, 0.6) is 5.75 Å². The van der Waals surface area contributed by atoms with Crippen molar-refractivity contribution in [3.8, 4) is 5.75 Å². The largest absolute Gasteiger partial charge is 0.482 e. The van der Waals surface area contributed by atoms with Gasteiger partial charge in [-0.25, -0.2) is 0 Å². The van der Waals surface area contributed by atoms with Crippen molar-refractivity contribution in [2.75, 3.05) is 41.4 Å². The molecule has 1 fully saturated rings. The van der Waals surface area contributed by atoms with Gasteiger partial charge in [0.25, 0.3) is 5.91 Å². The maximum absolute atomic E-state index is 12.5. The summed E-state index contributed by atoms with van der Waals surface area (Å²) in [6, 6.07) is 13.8. The van der Waals surface area contributed by atoms with Crippen molar-refractivity contribution in [2.24, 2.45) is 5.92 Å². The summed E-state index contributed by atoms with van der Waals surface area (Å²) < 4.78 is 5.49. The monoisotopic (exact) mass is 407 g/mol. The van der Waals surface area contributed by atoms with E-state index in [0.717, 1.165) is 35.9 Å². The van der Waals surface area contributed by atoms with Crippen molar-refractivity contribution in [3.05, 3.63) is 48.0 Å². The van der Waals surface area contributed by atoms with Crippen molar-refractivity contribution >= 4 is 28.9 Å². The third kappa shape index (κ3) is 4.58. The van der Waals surface area contributed by atoms with Crippen LogP contribution in [0.15, 0.2) is 42.5 Å². The van der Waals surface area contributed by atoms with Crippen LogP contribution in [0.25, 0.3) is 0 Å². The molecule has 2 aromatic carbocycles. The third-order valence-corrected chi connectivity index (χ3v) is 5.92. The second-order valence-electron chi connectivity index (χ2n) is 8.32. The predicted octanol–water partition coefficient (Wildman–Crippen LogP) is 3.99. The molecule has 0 aromatic heterocycles. The van der Waals surface area contributed by atoms with Crippen molar-refractivity contribution in [1.29, 1.82) is 0 Å². The molecule has 2 aliphatic heterocycles. The molecule has 0 aliphatic carbocycles. The molecule has 0 unspecified atom stereocenters. The van der Waals surface area contributed by atoms with Gasteiger partial charge >= 0.3 is 0 Å². The number of piperidine rings is 1. The number of benzene rings is 2. The van der Waals surface area contributed by atoms with E-state index in [1.807, 2.05) is 37.3 Å². The number of aryl methyl sites for hydroxylation is 1. The van der Waals surface area contributed by atoms with Gasteiger partial charge in [0.15, 0.2) is 6.61 Å². The molecule has 2 aliphatic rings. The smallest absolute Gasteiger partial charge is 0.265 e. The Balaban J connectivity index is 1.33. The molecule has 2 heterocycles. The minimum absolute atomic E-state index is 0.00835. The second-order valence-corrected chi connectivity index (χ2v) is 8.32. The summed E-state index contributed by atoms with van der Waals surface area (Å²) in [5.41, 5.74) is 3.76. The van der Waals surface area contributed by atoms with Gasteiger partial charge in [0.05, 0.1) is 5.69 Å². The summed E-state index contributed by atoms with van der Waals surface area (Å²) >= 11 is 0. The molecule has 2 amide bonds.